The lowest BCUT2D eigenvalue weighted by molar-refractivity contribution is -0.274. The number of nitrogens with one attached hydrogen (secondary N) is 1. The van der Waals surface area contributed by atoms with Crippen molar-refractivity contribution in [1.82, 2.24) is 9.80 Å². The number of fused-ring (bicyclic) bond motifs is 1. The largest absolute Gasteiger partial charge is 0.573 e. The van der Waals surface area contributed by atoms with E-state index in [9.17, 15) is 22.8 Å². The van der Waals surface area contributed by atoms with Crippen molar-refractivity contribution in [3.8, 4) is 17.2 Å². The molecule has 1 N–H and O–H groups in total. The summed E-state index contributed by atoms with van der Waals surface area (Å²) >= 11 is 0. The van der Waals surface area contributed by atoms with E-state index in [1.54, 1.807) is 23.1 Å². The molecule has 0 spiro atoms. The van der Waals surface area contributed by atoms with Crippen LogP contribution in [-0.2, 0) is 4.79 Å². The smallest absolute Gasteiger partial charge is 0.486 e. The van der Waals surface area contributed by atoms with Crippen LogP contribution in [-0.4, -0.2) is 73.9 Å². The SMILES string of the molecule is O=C(CN1CCN(C(=O)c2ccc3c(c2)OCCO3)CC1)Nc1ccc(OC(F)(F)F)cc1. The minimum atomic E-state index is -4.77. The van der Waals surface area contributed by atoms with Crippen LogP contribution in [0.25, 0.3) is 0 Å². The lowest BCUT2D eigenvalue weighted by atomic mass is 10.1. The van der Waals surface area contributed by atoms with E-state index < -0.39 is 6.36 Å². The van der Waals surface area contributed by atoms with Crippen molar-refractivity contribution in [2.24, 2.45) is 0 Å². The van der Waals surface area contributed by atoms with Gasteiger partial charge >= 0.3 is 6.36 Å². The Bertz CT molecular complexity index is 1010. The summed E-state index contributed by atoms with van der Waals surface area (Å²) in [5.74, 6) is 0.402. The summed E-state index contributed by atoms with van der Waals surface area (Å²) in [7, 11) is 0. The molecule has 1 fully saturated rings. The molecule has 2 aliphatic heterocycles. The molecular formula is C22H22F3N3O5. The van der Waals surface area contributed by atoms with Crippen molar-refractivity contribution >= 4 is 17.5 Å². The molecule has 2 amide bonds. The first-order valence-electron chi connectivity index (χ1n) is 10.3. The molecule has 0 aromatic heterocycles. The van der Waals surface area contributed by atoms with Crippen LogP contribution in [0.3, 0.4) is 0 Å². The summed E-state index contributed by atoms with van der Waals surface area (Å²) in [5.41, 5.74) is 0.880. The molecule has 33 heavy (non-hydrogen) atoms. The second-order valence-electron chi connectivity index (χ2n) is 7.55. The summed E-state index contributed by atoms with van der Waals surface area (Å²) in [6.45, 7) is 2.98. The maximum absolute atomic E-state index is 12.8. The summed E-state index contributed by atoms with van der Waals surface area (Å²) in [6, 6.07) is 10.1. The van der Waals surface area contributed by atoms with Crippen molar-refractivity contribution in [1.29, 1.82) is 0 Å². The molecule has 1 saturated heterocycles. The highest BCUT2D eigenvalue weighted by Gasteiger charge is 2.31. The molecule has 0 saturated carbocycles. The van der Waals surface area contributed by atoms with Gasteiger partial charge in [-0.3, -0.25) is 14.5 Å². The number of benzene rings is 2. The second kappa shape index (κ2) is 9.57. The number of piperazine rings is 1. The highest BCUT2D eigenvalue weighted by molar-refractivity contribution is 5.95. The van der Waals surface area contributed by atoms with Crippen LogP contribution in [0.15, 0.2) is 42.5 Å². The van der Waals surface area contributed by atoms with Gasteiger partial charge in [-0.1, -0.05) is 0 Å². The van der Waals surface area contributed by atoms with Crippen LogP contribution in [0.5, 0.6) is 17.2 Å². The summed E-state index contributed by atoms with van der Waals surface area (Å²) in [6.07, 6.45) is -4.77. The molecule has 2 heterocycles. The van der Waals surface area contributed by atoms with Crippen molar-refractivity contribution in [2.45, 2.75) is 6.36 Å². The Balaban J connectivity index is 1.24. The number of halogens is 3. The first-order chi connectivity index (χ1) is 15.8. The van der Waals surface area contributed by atoms with Gasteiger partial charge in [0.05, 0.1) is 6.54 Å². The van der Waals surface area contributed by atoms with E-state index in [1.165, 1.54) is 12.1 Å². The summed E-state index contributed by atoms with van der Waals surface area (Å²) in [5, 5.41) is 2.64. The number of nitrogens with zero attached hydrogens (tertiary/aromatic N) is 2. The Morgan fingerprint density at radius 3 is 2.27 bits per heavy atom. The van der Waals surface area contributed by atoms with Gasteiger partial charge in [0.2, 0.25) is 5.91 Å². The molecule has 0 radical (unpaired) electrons. The molecule has 0 unspecified atom stereocenters. The van der Waals surface area contributed by atoms with Crippen LogP contribution < -0.4 is 19.5 Å². The zero-order chi connectivity index (χ0) is 23.4. The maximum atomic E-state index is 12.8. The van der Waals surface area contributed by atoms with Crippen molar-refractivity contribution in [2.75, 3.05) is 51.3 Å². The average molecular weight is 465 g/mol. The fourth-order valence-electron chi connectivity index (χ4n) is 3.61. The van der Waals surface area contributed by atoms with Crippen LogP contribution >= 0.6 is 0 Å². The topological polar surface area (TPSA) is 80.3 Å². The molecule has 2 aromatic rings. The van der Waals surface area contributed by atoms with E-state index in [0.29, 0.717) is 62.1 Å². The van der Waals surface area contributed by atoms with E-state index in [1.807, 2.05) is 4.90 Å². The van der Waals surface area contributed by atoms with Gasteiger partial charge in [0.1, 0.15) is 19.0 Å². The number of hydrogen-bond donors (Lipinski definition) is 1. The molecule has 2 aliphatic rings. The highest BCUT2D eigenvalue weighted by atomic mass is 19.4. The number of rotatable bonds is 5. The predicted octanol–water partition coefficient (Wildman–Crippen LogP) is 2.75. The third-order valence-electron chi connectivity index (χ3n) is 5.19. The summed E-state index contributed by atoms with van der Waals surface area (Å²) in [4.78, 5) is 28.7. The Morgan fingerprint density at radius 1 is 0.939 bits per heavy atom. The first-order valence-corrected chi connectivity index (χ1v) is 10.3. The van der Waals surface area contributed by atoms with Crippen molar-refractivity contribution < 1.29 is 37.0 Å². The van der Waals surface area contributed by atoms with E-state index in [2.05, 4.69) is 10.1 Å². The van der Waals surface area contributed by atoms with Gasteiger partial charge in [-0.2, -0.15) is 0 Å². The van der Waals surface area contributed by atoms with Gasteiger partial charge in [-0.25, -0.2) is 0 Å². The number of carbonyl (C=O) groups is 2. The summed E-state index contributed by atoms with van der Waals surface area (Å²) < 4.78 is 51.5. The maximum Gasteiger partial charge on any atom is 0.573 e. The lowest BCUT2D eigenvalue weighted by Crippen LogP contribution is -2.50. The van der Waals surface area contributed by atoms with Gasteiger partial charge in [-0.15, -0.1) is 13.2 Å². The van der Waals surface area contributed by atoms with Crippen LogP contribution in [0.4, 0.5) is 18.9 Å². The fourth-order valence-corrected chi connectivity index (χ4v) is 3.61. The minimum Gasteiger partial charge on any atom is -0.486 e. The Morgan fingerprint density at radius 2 is 1.61 bits per heavy atom. The number of carbonyl (C=O) groups excluding carboxylic acids is 2. The fraction of sp³-hybridized carbons (Fsp3) is 0.364. The molecule has 4 rings (SSSR count). The quantitative estimate of drug-likeness (QED) is 0.732. The van der Waals surface area contributed by atoms with Gasteiger partial charge in [0.15, 0.2) is 11.5 Å². The molecule has 2 aromatic carbocycles. The molecule has 176 valence electrons. The van der Waals surface area contributed by atoms with Crippen LogP contribution in [0.1, 0.15) is 10.4 Å². The minimum absolute atomic E-state index is 0.104. The average Bonchev–Trinajstić information content (AvgIpc) is 2.79. The number of anilines is 1. The number of alkyl halides is 3. The number of ether oxygens (including phenoxy) is 3. The van der Waals surface area contributed by atoms with E-state index in [4.69, 9.17) is 9.47 Å². The molecule has 0 atom stereocenters. The van der Waals surface area contributed by atoms with E-state index in [0.717, 1.165) is 12.1 Å². The Kier molecular flexibility index (Phi) is 6.59. The zero-order valence-electron chi connectivity index (χ0n) is 17.6. The van der Waals surface area contributed by atoms with Crippen LogP contribution in [0, 0.1) is 0 Å². The Hall–Kier alpha value is -3.47. The molecular weight excluding hydrogens is 443 g/mol. The normalized spacial score (nSPS) is 16.3. The van der Waals surface area contributed by atoms with Crippen molar-refractivity contribution in [3.63, 3.8) is 0 Å². The molecule has 0 bridgehead atoms. The van der Waals surface area contributed by atoms with Gasteiger partial charge in [0, 0.05) is 37.4 Å². The van der Waals surface area contributed by atoms with Crippen LogP contribution in [0.2, 0.25) is 0 Å². The van der Waals surface area contributed by atoms with Gasteiger partial charge < -0.3 is 24.4 Å². The van der Waals surface area contributed by atoms with E-state index >= 15 is 0 Å². The lowest BCUT2D eigenvalue weighted by Gasteiger charge is -2.34. The van der Waals surface area contributed by atoms with Crippen molar-refractivity contribution in [3.05, 3.63) is 48.0 Å². The van der Waals surface area contributed by atoms with Gasteiger partial charge in [0.25, 0.3) is 5.91 Å². The number of amides is 2. The number of hydrogen-bond acceptors (Lipinski definition) is 6. The molecule has 11 heteroatoms. The third kappa shape index (κ3) is 6.07. The zero-order valence-corrected chi connectivity index (χ0v) is 17.6. The monoisotopic (exact) mass is 465 g/mol. The standard InChI is InChI=1S/C22H22F3N3O5/c23-22(24,25)33-17-4-2-16(3-5-17)26-20(29)14-27-7-9-28(10-8-27)21(30)15-1-6-18-19(13-15)32-12-11-31-18/h1-6,13H,7-12,14H2,(H,26,29). The highest BCUT2D eigenvalue weighted by Crippen LogP contribution is 2.31. The Labute approximate surface area is 187 Å². The third-order valence-corrected chi connectivity index (χ3v) is 5.19. The second-order valence-corrected chi connectivity index (χ2v) is 7.55. The van der Waals surface area contributed by atoms with E-state index in [-0.39, 0.29) is 24.1 Å². The first kappa shape index (κ1) is 22.7. The predicted molar refractivity (Wildman–Crippen MR) is 112 cm³/mol. The van der Waals surface area contributed by atoms with Gasteiger partial charge in [-0.05, 0) is 42.5 Å². The molecule has 8 nitrogen and oxygen atoms in total. The molecule has 0 aliphatic carbocycles.